The van der Waals surface area contributed by atoms with Gasteiger partial charge in [-0.2, -0.15) is 0 Å². The first-order chi connectivity index (χ1) is 7.96. The van der Waals surface area contributed by atoms with Gasteiger partial charge in [0, 0.05) is 6.42 Å². The first-order valence-electron chi connectivity index (χ1n) is 6.89. The number of Topliss-reactive ketones (excluding diaryl/α,β-unsaturated/α-hetero) is 1. The molecule has 1 heteroatoms. The predicted molar refractivity (Wildman–Crippen MR) is 71.8 cm³/mol. The van der Waals surface area contributed by atoms with Gasteiger partial charge in [0.15, 0.2) is 5.78 Å². The molecule has 2 fully saturated rings. The molecule has 1 nitrogen and oxygen atoms in total. The van der Waals surface area contributed by atoms with E-state index in [9.17, 15) is 4.79 Å². The van der Waals surface area contributed by atoms with E-state index in [2.05, 4.69) is 19.9 Å². The molecule has 2 aliphatic rings. The second-order valence-electron chi connectivity index (χ2n) is 6.18. The molecular formula is C16H24O. The van der Waals surface area contributed by atoms with Crippen molar-refractivity contribution < 1.29 is 4.79 Å². The molecule has 0 radical (unpaired) electrons. The predicted octanol–water partition coefficient (Wildman–Crippen LogP) is 4.29. The van der Waals surface area contributed by atoms with Crippen LogP contribution in [0, 0.1) is 17.3 Å². The highest BCUT2D eigenvalue weighted by atomic mass is 16.1. The van der Waals surface area contributed by atoms with E-state index in [1.807, 2.05) is 19.9 Å². The van der Waals surface area contributed by atoms with E-state index in [4.69, 9.17) is 0 Å². The van der Waals surface area contributed by atoms with Gasteiger partial charge in [-0.3, -0.25) is 4.79 Å². The summed E-state index contributed by atoms with van der Waals surface area (Å²) in [6.45, 7) is 8.60. The molecule has 0 heterocycles. The van der Waals surface area contributed by atoms with E-state index in [0.717, 1.165) is 17.4 Å². The molecular weight excluding hydrogens is 208 g/mol. The number of rotatable bonds is 3. The Labute approximate surface area is 105 Å². The topological polar surface area (TPSA) is 17.1 Å². The van der Waals surface area contributed by atoms with E-state index in [1.54, 1.807) is 5.57 Å². The average molecular weight is 232 g/mol. The van der Waals surface area contributed by atoms with Crippen LogP contribution >= 0.6 is 0 Å². The van der Waals surface area contributed by atoms with Gasteiger partial charge in [-0.1, -0.05) is 38.5 Å². The minimum atomic E-state index is 0.266. The normalized spacial score (nSPS) is 33.4. The van der Waals surface area contributed by atoms with Crippen LogP contribution in [0.1, 0.15) is 53.4 Å². The highest BCUT2D eigenvalue weighted by Gasteiger charge is 2.48. The van der Waals surface area contributed by atoms with Crippen molar-refractivity contribution in [2.45, 2.75) is 53.4 Å². The fourth-order valence-electron chi connectivity index (χ4n) is 3.62. The van der Waals surface area contributed by atoms with Crippen molar-refractivity contribution in [3.05, 3.63) is 23.3 Å². The quantitative estimate of drug-likeness (QED) is 0.663. The summed E-state index contributed by atoms with van der Waals surface area (Å²) < 4.78 is 0. The molecule has 2 atom stereocenters. The van der Waals surface area contributed by atoms with Gasteiger partial charge in [-0.15, -0.1) is 0 Å². The summed E-state index contributed by atoms with van der Waals surface area (Å²) in [4.78, 5) is 11.5. The molecule has 0 aromatic rings. The summed E-state index contributed by atoms with van der Waals surface area (Å²) in [6, 6.07) is 0. The third-order valence-corrected chi connectivity index (χ3v) is 4.91. The Morgan fingerprint density at radius 2 is 2.12 bits per heavy atom. The lowest BCUT2D eigenvalue weighted by Gasteiger charge is -2.32. The van der Waals surface area contributed by atoms with Gasteiger partial charge >= 0.3 is 0 Å². The highest BCUT2D eigenvalue weighted by Crippen LogP contribution is 2.58. The van der Waals surface area contributed by atoms with Gasteiger partial charge in [0.2, 0.25) is 0 Å². The van der Waals surface area contributed by atoms with Crippen molar-refractivity contribution in [3.63, 3.8) is 0 Å². The third kappa shape index (κ3) is 2.12. The molecule has 94 valence electrons. The monoisotopic (exact) mass is 232 g/mol. The molecule has 2 unspecified atom stereocenters. The molecule has 0 aromatic heterocycles. The average Bonchev–Trinajstić information content (AvgIpc) is 2.84. The van der Waals surface area contributed by atoms with Crippen LogP contribution in [0.2, 0.25) is 0 Å². The van der Waals surface area contributed by atoms with Gasteiger partial charge in [0.25, 0.3) is 0 Å². The zero-order valence-corrected chi connectivity index (χ0v) is 11.5. The molecule has 0 spiro atoms. The number of allylic oxidation sites excluding steroid dienone is 4. The molecule has 0 N–H and O–H groups in total. The van der Waals surface area contributed by atoms with Crippen molar-refractivity contribution in [2.24, 2.45) is 17.3 Å². The maximum atomic E-state index is 11.5. The highest BCUT2D eigenvalue weighted by molar-refractivity contribution is 5.94. The Hall–Kier alpha value is -0.850. The second-order valence-corrected chi connectivity index (χ2v) is 6.18. The lowest BCUT2D eigenvalue weighted by molar-refractivity contribution is -0.115. The molecule has 2 aliphatic carbocycles. The molecule has 0 aliphatic heterocycles. The van der Waals surface area contributed by atoms with Gasteiger partial charge in [-0.25, -0.2) is 0 Å². The Balaban J connectivity index is 2.20. The number of fused-ring (bicyclic) bond motifs is 2. The van der Waals surface area contributed by atoms with E-state index in [-0.39, 0.29) is 5.78 Å². The van der Waals surface area contributed by atoms with Crippen LogP contribution in [-0.2, 0) is 4.79 Å². The molecule has 0 amide bonds. The summed E-state index contributed by atoms with van der Waals surface area (Å²) in [5.74, 6) is 1.92. The zero-order chi connectivity index (χ0) is 12.6. The van der Waals surface area contributed by atoms with Crippen molar-refractivity contribution in [1.29, 1.82) is 0 Å². The fraction of sp³-hybridized carbons (Fsp3) is 0.688. The summed E-state index contributed by atoms with van der Waals surface area (Å²) in [5.41, 5.74) is 2.84. The molecule has 17 heavy (non-hydrogen) atoms. The van der Waals surface area contributed by atoms with Crippen molar-refractivity contribution in [2.75, 3.05) is 0 Å². The van der Waals surface area contributed by atoms with Crippen LogP contribution < -0.4 is 0 Å². The maximum absolute atomic E-state index is 11.5. The Morgan fingerprint density at radius 1 is 1.41 bits per heavy atom. The molecule has 2 rings (SSSR count). The Bertz CT molecular complexity index is 384. The van der Waals surface area contributed by atoms with Crippen molar-refractivity contribution in [1.82, 2.24) is 0 Å². The fourth-order valence-corrected chi connectivity index (χ4v) is 3.62. The lowest BCUT2D eigenvalue weighted by atomic mass is 9.72. The minimum Gasteiger partial charge on any atom is -0.295 e. The van der Waals surface area contributed by atoms with E-state index >= 15 is 0 Å². The number of hydrogen-bond acceptors (Lipinski definition) is 1. The minimum absolute atomic E-state index is 0.266. The van der Waals surface area contributed by atoms with Gasteiger partial charge in [-0.05, 0) is 49.0 Å². The number of hydrogen-bond donors (Lipinski definition) is 0. The van der Waals surface area contributed by atoms with Gasteiger partial charge < -0.3 is 0 Å². The van der Waals surface area contributed by atoms with E-state index in [1.165, 1.54) is 19.3 Å². The van der Waals surface area contributed by atoms with Crippen molar-refractivity contribution >= 4 is 5.78 Å². The molecule has 0 aromatic carbocycles. The molecule has 2 bridgehead atoms. The number of ketones is 1. The summed E-state index contributed by atoms with van der Waals surface area (Å²) >= 11 is 0. The standard InChI is InChI=1S/C16H24O/c1-5-15(17)11(2)6-9-14-12-7-8-13(10-12)16(14,3)4/h6,9,12-13H,5,7-8,10H2,1-4H3/b11-6+,14-9+. The van der Waals surface area contributed by atoms with Crippen LogP contribution in [0.25, 0.3) is 0 Å². The molecule has 0 saturated heterocycles. The number of carbonyl (C=O) groups is 1. The first kappa shape index (κ1) is 12.6. The second kappa shape index (κ2) is 4.44. The van der Waals surface area contributed by atoms with Crippen molar-refractivity contribution in [3.8, 4) is 0 Å². The van der Waals surface area contributed by atoms with Crippen LogP contribution in [0.4, 0.5) is 0 Å². The van der Waals surface area contributed by atoms with Crippen LogP contribution in [-0.4, -0.2) is 5.78 Å². The summed E-state index contributed by atoms with van der Waals surface area (Å²) in [6.07, 6.45) is 9.02. The van der Waals surface area contributed by atoms with E-state index < -0.39 is 0 Å². The van der Waals surface area contributed by atoms with Crippen LogP contribution in [0.15, 0.2) is 23.3 Å². The Morgan fingerprint density at radius 3 is 2.65 bits per heavy atom. The number of carbonyl (C=O) groups excluding carboxylic acids is 1. The summed E-state index contributed by atoms with van der Waals surface area (Å²) in [5, 5.41) is 0. The Kier molecular flexibility index (Phi) is 3.29. The SMILES string of the molecule is CCC(=O)/C(C)=C/C=C1\C2CCC(C2)C1(C)C. The third-order valence-electron chi connectivity index (χ3n) is 4.91. The zero-order valence-electron chi connectivity index (χ0n) is 11.5. The maximum Gasteiger partial charge on any atom is 0.158 e. The van der Waals surface area contributed by atoms with E-state index in [0.29, 0.717) is 11.8 Å². The molecule has 2 saturated carbocycles. The van der Waals surface area contributed by atoms with Crippen LogP contribution in [0.5, 0.6) is 0 Å². The van der Waals surface area contributed by atoms with Gasteiger partial charge in [0.1, 0.15) is 0 Å². The van der Waals surface area contributed by atoms with Crippen LogP contribution in [0.3, 0.4) is 0 Å². The summed E-state index contributed by atoms with van der Waals surface area (Å²) in [7, 11) is 0. The smallest absolute Gasteiger partial charge is 0.158 e. The van der Waals surface area contributed by atoms with Gasteiger partial charge in [0.05, 0.1) is 0 Å². The largest absolute Gasteiger partial charge is 0.295 e. The lowest BCUT2D eigenvalue weighted by Crippen LogP contribution is -2.22. The first-order valence-corrected chi connectivity index (χ1v) is 6.89.